The highest BCUT2D eigenvalue weighted by Crippen LogP contribution is 2.18. The Morgan fingerprint density at radius 1 is 1.30 bits per heavy atom. The van der Waals surface area contributed by atoms with Crippen molar-refractivity contribution >= 4 is 0 Å². The van der Waals surface area contributed by atoms with Gasteiger partial charge >= 0.3 is 6.61 Å². The summed E-state index contributed by atoms with van der Waals surface area (Å²) in [4.78, 5) is 0. The number of ether oxygens (including phenoxy) is 1. The summed E-state index contributed by atoms with van der Waals surface area (Å²) in [6, 6.07) is 6.70. The predicted octanol–water partition coefficient (Wildman–Crippen LogP) is 2.00. The number of alkyl halides is 2. The van der Waals surface area contributed by atoms with Crippen LogP contribution in [0.1, 0.15) is 18.9 Å². The van der Waals surface area contributed by atoms with E-state index in [1.54, 1.807) is 24.3 Å². The normalized spacial score (nSPS) is 14.6. The standard InChI is InChI=1S/C14H23F2N3O/c1-14(10-17,18-19(2)3)9-8-11-4-6-12(7-5-11)20-13(15)16/h4-7,13,18H,8-10,17H2,1-3H3. The van der Waals surface area contributed by atoms with Crippen LogP contribution in [-0.4, -0.2) is 37.8 Å². The number of hydrazine groups is 1. The van der Waals surface area contributed by atoms with Crippen LogP contribution >= 0.6 is 0 Å². The molecule has 0 saturated heterocycles. The zero-order valence-corrected chi connectivity index (χ0v) is 12.2. The van der Waals surface area contributed by atoms with E-state index in [0.717, 1.165) is 18.4 Å². The average Bonchev–Trinajstić information content (AvgIpc) is 2.36. The minimum absolute atomic E-state index is 0.178. The van der Waals surface area contributed by atoms with Gasteiger partial charge in [-0.2, -0.15) is 8.78 Å². The molecule has 0 saturated carbocycles. The molecule has 0 spiro atoms. The number of hydrogen-bond acceptors (Lipinski definition) is 4. The van der Waals surface area contributed by atoms with Gasteiger partial charge in [0.1, 0.15) is 5.75 Å². The molecule has 0 aromatic heterocycles. The Morgan fingerprint density at radius 3 is 2.35 bits per heavy atom. The van der Waals surface area contributed by atoms with Crippen molar-refractivity contribution in [3.05, 3.63) is 29.8 Å². The molecule has 0 amide bonds. The summed E-state index contributed by atoms with van der Waals surface area (Å²) in [5, 5.41) is 1.88. The van der Waals surface area contributed by atoms with E-state index in [2.05, 4.69) is 17.1 Å². The molecule has 0 aliphatic heterocycles. The predicted molar refractivity (Wildman–Crippen MR) is 75.7 cm³/mol. The van der Waals surface area contributed by atoms with Crippen molar-refractivity contribution in [1.82, 2.24) is 10.4 Å². The first-order chi connectivity index (χ1) is 9.34. The van der Waals surface area contributed by atoms with Crippen molar-refractivity contribution in [1.29, 1.82) is 0 Å². The van der Waals surface area contributed by atoms with Gasteiger partial charge in [-0.05, 0) is 37.5 Å². The first kappa shape index (κ1) is 16.8. The monoisotopic (exact) mass is 287 g/mol. The Hall–Kier alpha value is -1.24. The molecule has 1 aromatic rings. The summed E-state index contributed by atoms with van der Waals surface area (Å²) in [5.74, 6) is 0.178. The maximum absolute atomic E-state index is 12.0. The van der Waals surface area contributed by atoms with Crippen LogP contribution in [0.2, 0.25) is 0 Å². The Bertz CT molecular complexity index is 398. The molecule has 0 heterocycles. The molecule has 20 heavy (non-hydrogen) atoms. The van der Waals surface area contributed by atoms with E-state index in [4.69, 9.17) is 5.73 Å². The van der Waals surface area contributed by atoms with Crippen molar-refractivity contribution in [2.75, 3.05) is 20.6 Å². The van der Waals surface area contributed by atoms with Crippen LogP contribution in [-0.2, 0) is 6.42 Å². The second-order valence-electron chi connectivity index (χ2n) is 5.29. The third-order valence-electron chi connectivity index (χ3n) is 3.06. The largest absolute Gasteiger partial charge is 0.435 e. The lowest BCUT2D eigenvalue weighted by Crippen LogP contribution is -2.54. The average molecular weight is 287 g/mol. The third kappa shape index (κ3) is 5.81. The number of nitrogens with two attached hydrogens (primary N) is 1. The van der Waals surface area contributed by atoms with Gasteiger partial charge in [-0.25, -0.2) is 5.43 Å². The molecule has 4 nitrogen and oxygen atoms in total. The zero-order chi connectivity index (χ0) is 15.2. The van der Waals surface area contributed by atoms with Gasteiger partial charge in [0.2, 0.25) is 0 Å². The molecule has 1 atom stereocenters. The fourth-order valence-corrected chi connectivity index (χ4v) is 2.00. The maximum Gasteiger partial charge on any atom is 0.387 e. The van der Waals surface area contributed by atoms with Crippen LogP contribution in [0.5, 0.6) is 5.75 Å². The van der Waals surface area contributed by atoms with Crippen LogP contribution in [0.25, 0.3) is 0 Å². The molecule has 0 aliphatic carbocycles. The minimum Gasteiger partial charge on any atom is -0.435 e. The van der Waals surface area contributed by atoms with E-state index in [0.29, 0.717) is 6.54 Å². The number of aryl methyl sites for hydroxylation is 1. The Morgan fingerprint density at radius 2 is 1.90 bits per heavy atom. The molecule has 114 valence electrons. The molecule has 0 fully saturated rings. The quantitative estimate of drug-likeness (QED) is 0.718. The highest BCUT2D eigenvalue weighted by Gasteiger charge is 2.22. The molecular formula is C14H23F2N3O. The van der Waals surface area contributed by atoms with Gasteiger partial charge in [0.15, 0.2) is 0 Å². The van der Waals surface area contributed by atoms with Gasteiger partial charge in [0.25, 0.3) is 0 Å². The van der Waals surface area contributed by atoms with E-state index >= 15 is 0 Å². The summed E-state index contributed by atoms with van der Waals surface area (Å²) in [6.45, 7) is -0.218. The van der Waals surface area contributed by atoms with Crippen molar-refractivity contribution in [3.63, 3.8) is 0 Å². The zero-order valence-electron chi connectivity index (χ0n) is 12.2. The van der Waals surface area contributed by atoms with Crippen LogP contribution in [0, 0.1) is 0 Å². The minimum atomic E-state index is -2.79. The molecule has 6 heteroatoms. The fraction of sp³-hybridized carbons (Fsp3) is 0.571. The summed E-state index contributed by atoms with van der Waals surface area (Å²) < 4.78 is 28.4. The highest BCUT2D eigenvalue weighted by molar-refractivity contribution is 5.27. The number of benzene rings is 1. The first-order valence-electron chi connectivity index (χ1n) is 6.53. The van der Waals surface area contributed by atoms with Gasteiger partial charge < -0.3 is 10.5 Å². The highest BCUT2D eigenvalue weighted by atomic mass is 19.3. The topological polar surface area (TPSA) is 50.5 Å². The van der Waals surface area contributed by atoms with Gasteiger partial charge in [0.05, 0.1) is 0 Å². The van der Waals surface area contributed by atoms with Gasteiger partial charge in [0, 0.05) is 26.2 Å². The Balaban J connectivity index is 2.56. The molecule has 0 radical (unpaired) electrons. The Labute approximate surface area is 118 Å². The fourth-order valence-electron chi connectivity index (χ4n) is 2.00. The maximum atomic E-state index is 12.0. The molecule has 0 bridgehead atoms. The van der Waals surface area contributed by atoms with Gasteiger partial charge in [-0.1, -0.05) is 12.1 Å². The number of rotatable bonds is 8. The van der Waals surface area contributed by atoms with Crippen LogP contribution in [0.15, 0.2) is 24.3 Å². The van der Waals surface area contributed by atoms with Crippen molar-refractivity contribution in [3.8, 4) is 5.75 Å². The summed E-state index contributed by atoms with van der Waals surface area (Å²) in [6.07, 6.45) is 1.65. The van der Waals surface area contributed by atoms with Crippen molar-refractivity contribution in [2.45, 2.75) is 31.9 Å². The van der Waals surface area contributed by atoms with E-state index in [1.165, 1.54) is 0 Å². The lowest BCUT2D eigenvalue weighted by molar-refractivity contribution is -0.0498. The first-order valence-corrected chi connectivity index (χ1v) is 6.53. The van der Waals surface area contributed by atoms with E-state index in [1.807, 2.05) is 19.1 Å². The van der Waals surface area contributed by atoms with Crippen molar-refractivity contribution in [2.24, 2.45) is 5.73 Å². The SMILES string of the molecule is CN(C)NC(C)(CN)CCc1ccc(OC(F)F)cc1. The van der Waals surface area contributed by atoms with E-state index < -0.39 is 6.61 Å². The van der Waals surface area contributed by atoms with E-state index in [-0.39, 0.29) is 11.3 Å². The lowest BCUT2D eigenvalue weighted by atomic mass is 9.94. The van der Waals surface area contributed by atoms with Gasteiger partial charge in [-0.3, -0.25) is 5.01 Å². The molecule has 1 aromatic carbocycles. The number of nitrogens with zero attached hydrogens (tertiary/aromatic N) is 1. The van der Waals surface area contributed by atoms with Crippen LogP contribution < -0.4 is 15.9 Å². The smallest absolute Gasteiger partial charge is 0.387 e. The van der Waals surface area contributed by atoms with Crippen LogP contribution in [0.3, 0.4) is 0 Å². The van der Waals surface area contributed by atoms with Crippen LogP contribution in [0.4, 0.5) is 8.78 Å². The number of hydrogen-bond donors (Lipinski definition) is 2. The third-order valence-corrected chi connectivity index (χ3v) is 3.06. The van der Waals surface area contributed by atoms with Gasteiger partial charge in [-0.15, -0.1) is 0 Å². The molecule has 1 rings (SSSR count). The number of halogens is 2. The molecule has 3 N–H and O–H groups in total. The second kappa shape index (κ2) is 7.52. The summed E-state index contributed by atoms with van der Waals surface area (Å²) in [7, 11) is 3.84. The van der Waals surface area contributed by atoms with Crippen molar-refractivity contribution < 1.29 is 13.5 Å². The second-order valence-corrected chi connectivity index (χ2v) is 5.29. The summed E-state index contributed by atoms with van der Waals surface area (Å²) in [5.41, 5.74) is 9.97. The Kier molecular flexibility index (Phi) is 6.32. The number of nitrogens with one attached hydrogen (secondary N) is 1. The summed E-state index contributed by atoms with van der Waals surface area (Å²) >= 11 is 0. The molecule has 1 unspecified atom stereocenters. The van der Waals surface area contributed by atoms with E-state index in [9.17, 15) is 8.78 Å². The lowest BCUT2D eigenvalue weighted by Gasteiger charge is -2.33. The molecular weight excluding hydrogens is 264 g/mol. The molecule has 0 aliphatic rings.